The standard InChI is InChI=1S/C12H32N6/c1-2-3-4-5-6-7-8-9-10-11-12-14-16-18-17-15-13/h14-18H,2-13H2,1H3. The first-order valence-electron chi connectivity index (χ1n) is 7.35. The van der Waals surface area contributed by atoms with E-state index in [1.54, 1.807) is 0 Å². The van der Waals surface area contributed by atoms with Gasteiger partial charge in [-0.1, -0.05) is 64.7 Å². The smallest absolute Gasteiger partial charge is 0.0113 e. The minimum absolute atomic E-state index is 0.954. The summed E-state index contributed by atoms with van der Waals surface area (Å²) in [6.45, 7) is 3.22. The molecule has 0 aromatic rings. The lowest BCUT2D eigenvalue weighted by Gasteiger charge is -2.08. The molecular weight excluding hydrogens is 228 g/mol. The molecule has 0 unspecified atom stereocenters. The molecule has 0 heterocycles. The minimum atomic E-state index is 0.954. The summed E-state index contributed by atoms with van der Waals surface area (Å²) in [7, 11) is 0. The highest BCUT2D eigenvalue weighted by Crippen LogP contribution is 2.09. The molecule has 0 spiro atoms. The fourth-order valence-corrected chi connectivity index (χ4v) is 1.87. The third kappa shape index (κ3) is 15.8. The molecule has 0 saturated heterocycles. The van der Waals surface area contributed by atoms with Crippen molar-refractivity contribution in [1.82, 2.24) is 27.6 Å². The van der Waals surface area contributed by atoms with Crippen molar-refractivity contribution in [3.8, 4) is 0 Å². The third-order valence-electron chi connectivity index (χ3n) is 2.94. The molecular formula is C12H32N6. The van der Waals surface area contributed by atoms with Crippen LogP contribution in [0.3, 0.4) is 0 Å². The van der Waals surface area contributed by atoms with Crippen molar-refractivity contribution in [2.45, 2.75) is 71.1 Å². The van der Waals surface area contributed by atoms with E-state index in [0.717, 1.165) is 6.54 Å². The molecule has 0 aliphatic rings. The first-order chi connectivity index (χ1) is 8.91. The Bertz CT molecular complexity index is 129. The lowest BCUT2D eigenvalue weighted by atomic mass is 10.1. The van der Waals surface area contributed by atoms with Crippen LogP contribution in [0, 0.1) is 0 Å². The zero-order valence-electron chi connectivity index (χ0n) is 11.9. The normalized spacial score (nSPS) is 11.0. The molecule has 6 heteroatoms. The first-order valence-corrected chi connectivity index (χ1v) is 7.35. The SMILES string of the molecule is CCCCCCCCCCCCNNNNNN. The van der Waals surface area contributed by atoms with Crippen LogP contribution in [-0.4, -0.2) is 6.54 Å². The van der Waals surface area contributed by atoms with E-state index in [1.807, 2.05) is 0 Å². The van der Waals surface area contributed by atoms with Crippen LogP contribution in [0.5, 0.6) is 0 Å². The summed E-state index contributed by atoms with van der Waals surface area (Å²) in [6, 6.07) is 0. The van der Waals surface area contributed by atoms with Crippen LogP contribution in [0.15, 0.2) is 0 Å². The van der Waals surface area contributed by atoms with E-state index in [2.05, 4.69) is 34.5 Å². The monoisotopic (exact) mass is 260 g/mol. The number of unbranched alkanes of at least 4 members (excludes halogenated alkanes) is 9. The number of nitrogens with two attached hydrogens (primary N) is 1. The van der Waals surface area contributed by atoms with Gasteiger partial charge in [-0.15, -0.1) is 0 Å². The van der Waals surface area contributed by atoms with Gasteiger partial charge in [0.1, 0.15) is 0 Å². The lowest BCUT2D eigenvalue weighted by molar-refractivity contribution is 0.326. The van der Waals surface area contributed by atoms with Gasteiger partial charge in [0.25, 0.3) is 0 Å². The van der Waals surface area contributed by atoms with Gasteiger partial charge in [-0.2, -0.15) is 22.1 Å². The Morgan fingerprint density at radius 3 is 1.78 bits per heavy atom. The van der Waals surface area contributed by atoms with Gasteiger partial charge in [0.05, 0.1) is 0 Å². The zero-order chi connectivity index (χ0) is 13.3. The van der Waals surface area contributed by atoms with Gasteiger partial charge >= 0.3 is 0 Å². The molecule has 0 bridgehead atoms. The van der Waals surface area contributed by atoms with Gasteiger partial charge < -0.3 is 0 Å². The van der Waals surface area contributed by atoms with E-state index in [4.69, 9.17) is 5.84 Å². The van der Waals surface area contributed by atoms with Gasteiger partial charge in [0, 0.05) is 6.54 Å². The Hall–Kier alpha value is -0.240. The quantitative estimate of drug-likeness (QED) is 0.152. The molecule has 0 fully saturated rings. The van der Waals surface area contributed by atoms with Crippen molar-refractivity contribution < 1.29 is 0 Å². The number of hydrogen-bond donors (Lipinski definition) is 6. The fourth-order valence-electron chi connectivity index (χ4n) is 1.87. The molecule has 7 N–H and O–H groups in total. The molecule has 0 aromatic carbocycles. The zero-order valence-corrected chi connectivity index (χ0v) is 11.9. The Labute approximate surface area is 112 Å². The summed E-state index contributed by atoms with van der Waals surface area (Å²) in [5.41, 5.74) is 13.2. The maximum atomic E-state index is 4.98. The van der Waals surface area contributed by atoms with Gasteiger partial charge in [-0.05, 0) is 6.42 Å². The van der Waals surface area contributed by atoms with Crippen LogP contribution in [0.4, 0.5) is 0 Å². The van der Waals surface area contributed by atoms with Crippen LogP contribution in [0.1, 0.15) is 71.1 Å². The minimum Gasteiger partial charge on any atom is -0.257 e. The molecule has 6 nitrogen and oxygen atoms in total. The van der Waals surface area contributed by atoms with Crippen molar-refractivity contribution in [1.29, 1.82) is 0 Å². The van der Waals surface area contributed by atoms with Crippen molar-refractivity contribution in [3.05, 3.63) is 0 Å². The van der Waals surface area contributed by atoms with Crippen LogP contribution in [0.25, 0.3) is 0 Å². The molecule has 0 aliphatic heterocycles. The fraction of sp³-hybridized carbons (Fsp3) is 1.00. The Morgan fingerprint density at radius 2 is 1.22 bits per heavy atom. The van der Waals surface area contributed by atoms with Crippen molar-refractivity contribution in [3.63, 3.8) is 0 Å². The largest absolute Gasteiger partial charge is 0.257 e. The molecule has 0 atom stereocenters. The van der Waals surface area contributed by atoms with Crippen LogP contribution >= 0.6 is 0 Å². The molecule has 0 aromatic heterocycles. The van der Waals surface area contributed by atoms with E-state index in [-0.39, 0.29) is 0 Å². The summed E-state index contributed by atoms with van der Waals surface area (Å²) < 4.78 is 0. The number of nitrogens with one attached hydrogen (secondary N) is 5. The average Bonchev–Trinajstić information content (AvgIpc) is 2.39. The molecule has 18 heavy (non-hydrogen) atoms. The van der Waals surface area contributed by atoms with E-state index in [0.29, 0.717) is 0 Å². The van der Waals surface area contributed by atoms with Gasteiger partial charge in [-0.25, -0.2) is 5.43 Å². The molecule has 0 saturated carbocycles. The van der Waals surface area contributed by atoms with Crippen LogP contribution in [0.2, 0.25) is 0 Å². The van der Waals surface area contributed by atoms with E-state index < -0.39 is 0 Å². The number of hydrogen-bond acceptors (Lipinski definition) is 6. The molecule has 0 rings (SSSR count). The van der Waals surface area contributed by atoms with Gasteiger partial charge in [0.15, 0.2) is 0 Å². The summed E-state index contributed by atoms with van der Waals surface area (Å²) in [5.74, 6) is 4.98. The Balaban J connectivity index is 2.86. The number of rotatable bonds is 15. The average molecular weight is 260 g/mol. The van der Waals surface area contributed by atoms with Crippen molar-refractivity contribution in [2.75, 3.05) is 6.54 Å². The van der Waals surface area contributed by atoms with Crippen molar-refractivity contribution in [2.24, 2.45) is 5.84 Å². The van der Waals surface area contributed by atoms with E-state index in [9.17, 15) is 0 Å². The highest BCUT2D eigenvalue weighted by atomic mass is 15.8. The second kappa shape index (κ2) is 16.8. The molecule has 0 radical (unpaired) electrons. The summed E-state index contributed by atoms with van der Waals surface area (Å²) in [5, 5.41) is 0. The maximum Gasteiger partial charge on any atom is 0.0113 e. The lowest BCUT2D eigenvalue weighted by Crippen LogP contribution is -2.57. The Morgan fingerprint density at radius 1 is 0.667 bits per heavy atom. The molecule has 0 amide bonds. The maximum absolute atomic E-state index is 4.98. The summed E-state index contributed by atoms with van der Waals surface area (Å²) in [4.78, 5) is 0. The summed E-state index contributed by atoms with van der Waals surface area (Å²) in [6.07, 6.45) is 13.6. The second-order valence-corrected chi connectivity index (χ2v) is 4.63. The molecule has 0 aliphatic carbocycles. The second-order valence-electron chi connectivity index (χ2n) is 4.63. The number of hydrazine groups is 5. The first kappa shape index (κ1) is 17.8. The van der Waals surface area contributed by atoms with Crippen LogP contribution < -0.4 is 33.4 Å². The predicted octanol–water partition coefficient (Wildman–Crippen LogP) is 1.39. The van der Waals surface area contributed by atoms with E-state index in [1.165, 1.54) is 64.2 Å². The van der Waals surface area contributed by atoms with Crippen molar-refractivity contribution >= 4 is 0 Å². The van der Waals surface area contributed by atoms with Crippen LogP contribution in [-0.2, 0) is 0 Å². The highest BCUT2D eigenvalue weighted by Gasteiger charge is 1.92. The molecule has 110 valence electrons. The highest BCUT2D eigenvalue weighted by molar-refractivity contribution is 4.48. The third-order valence-corrected chi connectivity index (χ3v) is 2.94. The summed E-state index contributed by atoms with van der Waals surface area (Å²) >= 11 is 0. The van der Waals surface area contributed by atoms with Gasteiger partial charge in [0.2, 0.25) is 0 Å². The topological polar surface area (TPSA) is 86.2 Å². The predicted molar refractivity (Wildman–Crippen MR) is 76.6 cm³/mol. The Kier molecular flexibility index (Phi) is 16.5. The van der Waals surface area contributed by atoms with E-state index >= 15 is 0 Å². The van der Waals surface area contributed by atoms with Gasteiger partial charge in [-0.3, -0.25) is 5.84 Å².